The van der Waals surface area contributed by atoms with E-state index in [9.17, 15) is 14.7 Å². The molecule has 0 saturated carbocycles. The summed E-state index contributed by atoms with van der Waals surface area (Å²) in [6.45, 7) is 3.86. The molecule has 1 saturated heterocycles. The van der Waals surface area contributed by atoms with Gasteiger partial charge in [-0.25, -0.2) is 0 Å². The summed E-state index contributed by atoms with van der Waals surface area (Å²) in [6, 6.07) is 15.1. The number of rotatable bonds is 4. The molecule has 1 unspecified atom stereocenters. The van der Waals surface area contributed by atoms with Gasteiger partial charge in [-0.1, -0.05) is 17.7 Å². The average Bonchev–Trinajstić information content (AvgIpc) is 3.04. The largest absolute Gasteiger partial charge is 0.507 e. The first kappa shape index (κ1) is 20.3. The summed E-state index contributed by atoms with van der Waals surface area (Å²) in [4.78, 5) is 31.8. The van der Waals surface area contributed by atoms with E-state index in [-0.39, 0.29) is 11.3 Å². The fourth-order valence-corrected chi connectivity index (χ4v) is 3.92. The third-order valence-electron chi connectivity index (χ3n) is 5.44. The maximum absolute atomic E-state index is 13.2. The standard InChI is InChI=1S/C25H22N2O4/c1-15-4-9-20(16(2)14-15)27-22(17-10-12-26-13-11-17)21(24(29)25(27)30)23(28)18-5-7-19(31-3)8-6-18/h4-14,22,28H,1-3H3/b23-21+. The van der Waals surface area contributed by atoms with Crippen LogP contribution in [0.1, 0.15) is 28.3 Å². The summed E-state index contributed by atoms with van der Waals surface area (Å²) in [5.74, 6) is -1.01. The number of anilines is 1. The van der Waals surface area contributed by atoms with Crippen molar-refractivity contribution in [2.24, 2.45) is 0 Å². The number of benzene rings is 2. The van der Waals surface area contributed by atoms with Gasteiger partial charge in [-0.3, -0.25) is 19.5 Å². The van der Waals surface area contributed by atoms with Crippen molar-refractivity contribution in [3.8, 4) is 5.75 Å². The van der Waals surface area contributed by atoms with Gasteiger partial charge < -0.3 is 9.84 Å². The lowest BCUT2D eigenvalue weighted by Crippen LogP contribution is -2.30. The minimum Gasteiger partial charge on any atom is -0.507 e. The van der Waals surface area contributed by atoms with Crippen LogP contribution in [-0.2, 0) is 9.59 Å². The molecule has 4 rings (SSSR count). The number of nitrogens with zero attached hydrogens (tertiary/aromatic N) is 2. The van der Waals surface area contributed by atoms with Crippen LogP contribution in [0.2, 0.25) is 0 Å². The van der Waals surface area contributed by atoms with Crippen molar-refractivity contribution >= 4 is 23.1 Å². The number of aliphatic hydroxyl groups excluding tert-OH is 1. The van der Waals surface area contributed by atoms with Crippen molar-refractivity contribution in [2.45, 2.75) is 19.9 Å². The van der Waals surface area contributed by atoms with Crippen molar-refractivity contribution < 1.29 is 19.4 Å². The Morgan fingerprint density at radius 2 is 1.68 bits per heavy atom. The fourth-order valence-electron chi connectivity index (χ4n) is 3.92. The first-order chi connectivity index (χ1) is 14.9. The number of carbonyl (C=O) groups is 2. The second kappa shape index (κ2) is 8.07. The second-order valence-corrected chi connectivity index (χ2v) is 7.47. The number of carbonyl (C=O) groups excluding carboxylic acids is 2. The van der Waals surface area contributed by atoms with Crippen molar-refractivity contribution in [2.75, 3.05) is 12.0 Å². The number of ether oxygens (including phenoxy) is 1. The number of hydrogen-bond acceptors (Lipinski definition) is 5. The number of aliphatic hydroxyl groups is 1. The molecular weight excluding hydrogens is 392 g/mol. The van der Waals surface area contributed by atoms with Gasteiger partial charge in [-0.05, 0) is 67.4 Å². The van der Waals surface area contributed by atoms with E-state index in [2.05, 4.69) is 4.98 Å². The molecular formula is C25H22N2O4. The first-order valence-electron chi connectivity index (χ1n) is 9.85. The van der Waals surface area contributed by atoms with Crippen LogP contribution in [0.3, 0.4) is 0 Å². The third kappa shape index (κ3) is 3.57. The fraction of sp³-hybridized carbons (Fsp3) is 0.160. The summed E-state index contributed by atoms with van der Waals surface area (Å²) < 4.78 is 5.17. The zero-order chi connectivity index (χ0) is 22.1. The van der Waals surface area contributed by atoms with Crippen LogP contribution in [0, 0.1) is 13.8 Å². The molecule has 156 valence electrons. The molecule has 1 aromatic heterocycles. The number of pyridine rings is 1. The quantitative estimate of drug-likeness (QED) is 0.390. The highest BCUT2D eigenvalue weighted by Gasteiger charge is 2.47. The number of aryl methyl sites for hydroxylation is 2. The van der Waals surface area contributed by atoms with E-state index in [4.69, 9.17) is 4.74 Å². The van der Waals surface area contributed by atoms with Gasteiger partial charge in [0.15, 0.2) is 0 Å². The van der Waals surface area contributed by atoms with Crippen LogP contribution in [0.15, 0.2) is 72.6 Å². The molecule has 1 aliphatic heterocycles. The van der Waals surface area contributed by atoms with Crippen LogP contribution in [-0.4, -0.2) is 28.9 Å². The predicted molar refractivity (Wildman–Crippen MR) is 118 cm³/mol. The van der Waals surface area contributed by atoms with Gasteiger partial charge in [0.2, 0.25) is 0 Å². The number of methoxy groups -OCH3 is 1. The highest BCUT2D eigenvalue weighted by molar-refractivity contribution is 6.51. The average molecular weight is 414 g/mol. The molecule has 1 amide bonds. The van der Waals surface area contributed by atoms with Crippen molar-refractivity contribution in [1.29, 1.82) is 0 Å². The van der Waals surface area contributed by atoms with Gasteiger partial charge in [-0.15, -0.1) is 0 Å². The molecule has 1 fully saturated rings. The van der Waals surface area contributed by atoms with Gasteiger partial charge in [-0.2, -0.15) is 0 Å². The normalized spacial score (nSPS) is 17.8. The highest BCUT2D eigenvalue weighted by Crippen LogP contribution is 2.43. The smallest absolute Gasteiger partial charge is 0.300 e. The highest BCUT2D eigenvalue weighted by atomic mass is 16.5. The Hall–Kier alpha value is -3.93. The zero-order valence-corrected chi connectivity index (χ0v) is 17.5. The van der Waals surface area contributed by atoms with E-state index in [1.54, 1.807) is 55.9 Å². The molecule has 0 radical (unpaired) electrons. The summed E-state index contributed by atoms with van der Waals surface area (Å²) in [5.41, 5.74) is 3.70. The van der Waals surface area contributed by atoms with Crippen LogP contribution >= 0.6 is 0 Å². The molecule has 31 heavy (non-hydrogen) atoms. The van der Waals surface area contributed by atoms with E-state index < -0.39 is 17.7 Å². The molecule has 1 atom stereocenters. The molecule has 6 heteroatoms. The number of ketones is 1. The van der Waals surface area contributed by atoms with Crippen molar-refractivity contribution in [3.05, 3.63) is 94.8 Å². The van der Waals surface area contributed by atoms with Gasteiger partial charge in [0.25, 0.3) is 11.7 Å². The van der Waals surface area contributed by atoms with E-state index in [0.29, 0.717) is 22.6 Å². The van der Waals surface area contributed by atoms with E-state index >= 15 is 0 Å². The van der Waals surface area contributed by atoms with E-state index in [0.717, 1.165) is 11.1 Å². The van der Waals surface area contributed by atoms with Gasteiger partial charge in [0.05, 0.1) is 18.7 Å². The molecule has 0 spiro atoms. The maximum atomic E-state index is 13.2. The number of Topliss-reactive ketones (excluding diaryl/α,β-unsaturated/α-hetero) is 1. The first-order valence-corrected chi connectivity index (χ1v) is 9.85. The van der Waals surface area contributed by atoms with Crippen LogP contribution in [0.4, 0.5) is 5.69 Å². The van der Waals surface area contributed by atoms with E-state index in [1.807, 2.05) is 32.0 Å². The summed E-state index contributed by atoms with van der Waals surface area (Å²) in [7, 11) is 1.55. The Labute approximate surface area is 180 Å². The Morgan fingerprint density at radius 1 is 1.00 bits per heavy atom. The van der Waals surface area contributed by atoms with Crippen LogP contribution < -0.4 is 9.64 Å². The zero-order valence-electron chi connectivity index (χ0n) is 17.5. The summed E-state index contributed by atoms with van der Waals surface area (Å²) in [5, 5.41) is 11.1. The Bertz CT molecular complexity index is 1180. The lowest BCUT2D eigenvalue weighted by molar-refractivity contribution is -0.132. The van der Waals surface area contributed by atoms with Crippen LogP contribution in [0.5, 0.6) is 5.75 Å². The van der Waals surface area contributed by atoms with E-state index in [1.165, 1.54) is 4.90 Å². The molecule has 0 aliphatic carbocycles. The predicted octanol–water partition coefficient (Wildman–Crippen LogP) is 4.33. The summed E-state index contributed by atoms with van der Waals surface area (Å²) >= 11 is 0. The Balaban J connectivity index is 1.93. The van der Waals surface area contributed by atoms with Crippen LogP contribution in [0.25, 0.3) is 5.76 Å². The minimum absolute atomic E-state index is 0.0429. The Kier molecular flexibility index (Phi) is 5.29. The molecule has 6 nitrogen and oxygen atoms in total. The van der Waals surface area contributed by atoms with Gasteiger partial charge in [0, 0.05) is 23.6 Å². The SMILES string of the molecule is COc1ccc(/C(O)=C2\C(=O)C(=O)N(c3ccc(C)cc3C)C2c2ccncc2)cc1. The second-order valence-electron chi connectivity index (χ2n) is 7.47. The third-order valence-corrected chi connectivity index (χ3v) is 5.44. The molecule has 2 aromatic carbocycles. The number of hydrogen-bond donors (Lipinski definition) is 1. The lowest BCUT2D eigenvalue weighted by Gasteiger charge is -2.27. The molecule has 1 N–H and O–H groups in total. The molecule has 1 aliphatic rings. The Morgan fingerprint density at radius 3 is 2.29 bits per heavy atom. The monoisotopic (exact) mass is 414 g/mol. The molecule has 3 aromatic rings. The van der Waals surface area contributed by atoms with Crippen molar-refractivity contribution in [3.63, 3.8) is 0 Å². The topological polar surface area (TPSA) is 79.7 Å². The van der Waals surface area contributed by atoms with Crippen molar-refractivity contribution in [1.82, 2.24) is 4.98 Å². The van der Waals surface area contributed by atoms with Gasteiger partial charge in [0.1, 0.15) is 11.5 Å². The number of aromatic nitrogens is 1. The van der Waals surface area contributed by atoms with Gasteiger partial charge >= 0.3 is 0 Å². The number of amides is 1. The minimum atomic E-state index is -0.772. The molecule has 2 heterocycles. The maximum Gasteiger partial charge on any atom is 0.300 e. The molecule has 0 bridgehead atoms. The lowest BCUT2D eigenvalue weighted by atomic mass is 9.95. The summed E-state index contributed by atoms with van der Waals surface area (Å²) in [6.07, 6.45) is 3.20.